The molecule has 0 unspecified atom stereocenters. The molecule has 0 aliphatic heterocycles. The number of urea groups is 1. The van der Waals surface area contributed by atoms with E-state index >= 15 is 0 Å². The molecule has 0 saturated heterocycles. The molecule has 0 aliphatic rings. The van der Waals surface area contributed by atoms with E-state index in [9.17, 15) is 14.0 Å². The zero-order valence-corrected chi connectivity index (χ0v) is 11.6. The second-order valence-corrected chi connectivity index (χ2v) is 4.61. The lowest BCUT2D eigenvalue weighted by atomic mass is 10.2. The second kappa shape index (κ2) is 7.47. The summed E-state index contributed by atoms with van der Waals surface area (Å²) in [5.41, 5.74) is 0.770. The zero-order chi connectivity index (χ0) is 15.1. The Kier molecular flexibility index (Phi) is 5.96. The van der Waals surface area contributed by atoms with Crippen LogP contribution in [-0.2, 0) is 11.3 Å². The van der Waals surface area contributed by atoms with Gasteiger partial charge < -0.3 is 15.3 Å². The molecule has 2 amide bonds. The normalized spacial score (nSPS) is 11.8. The molecule has 1 aromatic carbocycles. The van der Waals surface area contributed by atoms with E-state index in [1.807, 2.05) is 6.92 Å². The van der Waals surface area contributed by atoms with Crippen molar-refractivity contribution in [2.24, 2.45) is 0 Å². The maximum Gasteiger partial charge on any atom is 0.326 e. The van der Waals surface area contributed by atoms with Crippen LogP contribution in [0.4, 0.5) is 9.18 Å². The van der Waals surface area contributed by atoms with Gasteiger partial charge in [-0.25, -0.2) is 14.0 Å². The standard InChI is InChI=1S/C14H19FN2O3/c1-3-4-12(13(18)19)16-14(20)17(2)9-10-5-7-11(15)8-6-10/h5-8,12H,3-4,9H2,1-2H3,(H,16,20)(H,18,19)/t12-/m0/s1. The van der Waals surface area contributed by atoms with Crippen LogP contribution in [0.1, 0.15) is 25.3 Å². The Morgan fingerprint density at radius 3 is 2.45 bits per heavy atom. The number of benzene rings is 1. The van der Waals surface area contributed by atoms with Crippen LogP contribution in [0.25, 0.3) is 0 Å². The summed E-state index contributed by atoms with van der Waals surface area (Å²) in [5, 5.41) is 11.4. The summed E-state index contributed by atoms with van der Waals surface area (Å²) in [6.45, 7) is 2.13. The number of amides is 2. The van der Waals surface area contributed by atoms with Gasteiger partial charge in [0, 0.05) is 13.6 Å². The van der Waals surface area contributed by atoms with Crippen molar-refractivity contribution in [3.63, 3.8) is 0 Å². The highest BCUT2D eigenvalue weighted by atomic mass is 19.1. The van der Waals surface area contributed by atoms with Crippen LogP contribution >= 0.6 is 0 Å². The lowest BCUT2D eigenvalue weighted by Crippen LogP contribution is -2.46. The minimum atomic E-state index is -1.05. The summed E-state index contributed by atoms with van der Waals surface area (Å²) in [7, 11) is 1.56. The van der Waals surface area contributed by atoms with Gasteiger partial charge in [0.1, 0.15) is 11.9 Å². The molecule has 2 N–H and O–H groups in total. The third kappa shape index (κ3) is 4.87. The first kappa shape index (κ1) is 15.9. The van der Waals surface area contributed by atoms with Crippen molar-refractivity contribution in [2.45, 2.75) is 32.4 Å². The maximum absolute atomic E-state index is 12.8. The second-order valence-electron chi connectivity index (χ2n) is 4.61. The van der Waals surface area contributed by atoms with E-state index in [0.29, 0.717) is 12.8 Å². The average molecular weight is 282 g/mol. The fourth-order valence-electron chi connectivity index (χ4n) is 1.74. The molecular formula is C14H19FN2O3. The monoisotopic (exact) mass is 282 g/mol. The van der Waals surface area contributed by atoms with Crippen LogP contribution in [0, 0.1) is 5.82 Å². The molecule has 0 radical (unpaired) electrons. The summed E-state index contributed by atoms with van der Waals surface area (Å²) in [5.74, 6) is -1.38. The molecule has 0 bridgehead atoms. The van der Waals surface area contributed by atoms with Gasteiger partial charge in [-0.2, -0.15) is 0 Å². The van der Waals surface area contributed by atoms with Gasteiger partial charge in [-0.3, -0.25) is 0 Å². The van der Waals surface area contributed by atoms with Crippen LogP contribution in [0.5, 0.6) is 0 Å². The van der Waals surface area contributed by atoms with E-state index < -0.39 is 18.0 Å². The molecule has 0 spiro atoms. The van der Waals surface area contributed by atoms with Crippen LogP contribution in [0.15, 0.2) is 24.3 Å². The Hall–Kier alpha value is -2.11. The molecule has 20 heavy (non-hydrogen) atoms. The number of aliphatic carboxylic acids is 1. The van der Waals surface area contributed by atoms with Gasteiger partial charge in [-0.05, 0) is 24.1 Å². The van der Waals surface area contributed by atoms with Crippen LogP contribution < -0.4 is 5.32 Å². The van der Waals surface area contributed by atoms with E-state index in [4.69, 9.17) is 5.11 Å². The number of hydrogen-bond donors (Lipinski definition) is 2. The molecule has 0 aliphatic carbocycles. The topological polar surface area (TPSA) is 69.6 Å². The van der Waals surface area contributed by atoms with Crippen molar-refractivity contribution < 1.29 is 19.1 Å². The van der Waals surface area contributed by atoms with Gasteiger partial charge in [0.05, 0.1) is 0 Å². The molecule has 0 heterocycles. The highest BCUT2D eigenvalue weighted by Gasteiger charge is 2.20. The van der Waals surface area contributed by atoms with Crippen molar-refractivity contribution in [2.75, 3.05) is 7.05 Å². The maximum atomic E-state index is 12.8. The SMILES string of the molecule is CCC[C@H](NC(=O)N(C)Cc1ccc(F)cc1)C(=O)O. The predicted octanol–water partition coefficient (Wildman–Crippen LogP) is 2.22. The van der Waals surface area contributed by atoms with Crippen LogP contribution in [0.3, 0.4) is 0 Å². The summed E-state index contributed by atoms with van der Waals surface area (Å²) in [6, 6.07) is 4.45. The van der Waals surface area contributed by atoms with Crippen molar-refractivity contribution in [1.29, 1.82) is 0 Å². The molecular weight excluding hydrogens is 263 g/mol. The number of nitrogens with zero attached hydrogens (tertiary/aromatic N) is 1. The lowest BCUT2D eigenvalue weighted by molar-refractivity contribution is -0.139. The first-order valence-electron chi connectivity index (χ1n) is 6.43. The first-order valence-corrected chi connectivity index (χ1v) is 6.43. The van der Waals surface area contributed by atoms with E-state index in [1.165, 1.54) is 17.0 Å². The lowest BCUT2D eigenvalue weighted by Gasteiger charge is -2.21. The molecule has 1 aromatic rings. The summed E-state index contributed by atoms with van der Waals surface area (Å²) in [4.78, 5) is 24.2. The van der Waals surface area contributed by atoms with Gasteiger partial charge >= 0.3 is 12.0 Å². The van der Waals surface area contributed by atoms with Crippen molar-refractivity contribution in [3.8, 4) is 0 Å². The molecule has 0 fully saturated rings. The number of carbonyl (C=O) groups excluding carboxylic acids is 1. The van der Waals surface area contributed by atoms with Crippen molar-refractivity contribution in [3.05, 3.63) is 35.6 Å². The highest BCUT2D eigenvalue weighted by Crippen LogP contribution is 2.06. The highest BCUT2D eigenvalue weighted by molar-refractivity contribution is 5.82. The minimum absolute atomic E-state index is 0.282. The van der Waals surface area contributed by atoms with Crippen LogP contribution in [0.2, 0.25) is 0 Å². The number of hydrogen-bond acceptors (Lipinski definition) is 2. The van der Waals surface area contributed by atoms with Crippen molar-refractivity contribution in [1.82, 2.24) is 10.2 Å². The Morgan fingerprint density at radius 2 is 1.95 bits per heavy atom. The zero-order valence-electron chi connectivity index (χ0n) is 11.6. The quantitative estimate of drug-likeness (QED) is 0.840. The Bertz CT molecular complexity index is 462. The van der Waals surface area contributed by atoms with Crippen LogP contribution in [-0.4, -0.2) is 35.1 Å². The van der Waals surface area contributed by atoms with E-state index in [2.05, 4.69) is 5.32 Å². The van der Waals surface area contributed by atoms with E-state index in [-0.39, 0.29) is 12.4 Å². The smallest absolute Gasteiger partial charge is 0.326 e. The third-order valence-electron chi connectivity index (χ3n) is 2.85. The molecule has 1 rings (SSSR count). The summed E-state index contributed by atoms with van der Waals surface area (Å²) >= 11 is 0. The Morgan fingerprint density at radius 1 is 1.35 bits per heavy atom. The fraction of sp³-hybridized carbons (Fsp3) is 0.429. The van der Waals surface area contributed by atoms with E-state index in [1.54, 1.807) is 19.2 Å². The molecule has 0 saturated carbocycles. The largest absolute Gasteiger partial charge is 0.480 e. The van der Waals surface area contributed by atoms with Crippen molar-refractivity contribution >= 4 is 12.0 Å². The van der Waals surface area contributed by atoms with Gasteiger partial charge in [0.2, 0.25) is 0 Å². The summed E-state index contributed by atoms with van der Waals surface area (Å²) in [6.07, 6.45) is 1.05. The van der Waals surface area contributed by atoms with Gasteiger partial charge in [0.25, 0.3) is 0 Å². The number of halogens is 1. The number of nitrogens with one attached hydrogen (secondary N) is 1. The Labute approximate surface area is 117 Å². The average Bonchev–Trinajstić information content (AvgIpc) is 2.40. The number of carbonyl (C=O) groups is 2. The molecule has 0 aromatic heterocycles. The molecule has 6 heteroatoms. The number of carboxylic acids is 1. The molecule has 5 nitrogen and oxygen atoms in total. The molecule has 1 atom stereocenters. The van der Waals surface area contributed by atoms with Gasteiger partial charge in [0.15, 0.2) is 0 Å². The minimum Gasteiger partial charge on any atom is -0.480 e. The van der Waals surface area contributed by atoms with E-state index in [0.717, 1.165) is 5.56 Å². The number of rotatable bonds is 6. The number of carboxylic acid groups (broad SMARTS) is 1. The summed E-state index contributed by atoms with van der Waals surface area (Å²) < 4.78 is 12.8. The predicted molar refractivity (Wildman–Crippen MR) is 72.7 cm³/mol. The third-order valence-corrected chi connectivity index (χ3v) is 2.85. The Balaban J connectivity index is 2.57. The fourth-order valence-corrected chi connectivity index (χ4v) is 1.74. The molecule has 110 valence electrons. The van der Waals surface area contributed by atoms with Gasteiger partial charge in [-0.15, -0.1) is 0 Å². The first-order chi connectivity index (χ1) is 9.43. The van der Waals surface area contributed by atoms with Gasteiger partial charge in [-0.1, -0.05) is 25.5 Å².